The number of carboxylic acid groups (broad SMARTS) is 1. The van der Waals surface area contributed by atoms with Crippen LogP contribution in [-0.4, -0.2) is 52.7 Å². The maximum absolute atomic E-state index is 11.4. The minimum atomic E-state index is -0.967. The summed E-state index contributed by atoms with van der Waals surface area (Å²) in [6.07, 6.45) is 1.70. The Morgan fingerprint density at radius 1 is 1.28 bits per heavy atom. The van der Waals surface area contributed by atoms with E-state index in [0.717, 1.165) is 29.8 Å². The molecule has 2 N–H and O–H groups in total. The number of nitrogens with zero attached hydrogens (tertiary/aromatic N) is 3. The van der Waals surface area contributed by atoms with Gasteiger partial charge < -0.3 is 24.6 Å². The van der Waals surface area contributed by atoms with E-state index in [9.17, 15) is 9.90 Å². The summed E-state index contributed by atoms with van der Waals surface area (Å²) in [5.74, 6) is 1.01. The number of pyridine rings is 1. The predicted octanol–water partition coefficient (Wildman–Crippen LogP) is 4.06. The smallest absolute Gasteiger partial charge is 0.352 e. The fourth-order valence-electron chi connectivity index (χ4n) is 3.61. The van der Waals surface area contributed by atoms with Gasteiger partial charge in [-0.3, -0.25) is 0 Å². The summed E-state index contributed by atoms with van der Waals surface area (Å²) in [6.45, 7) is 6.14. The number of para-hydroxylation sites is 1. The topological polar surface area (TPSA) is 79.6 Å². The van der Waals surface area contributed by atoms with Gasteiger partial charge in [0, 0.05) is 37.8 Å². The average Bonchev–Trinajstić information content (AvgIpc) is 2.98. The molecule has 2 heterocycles. The van der Waals surface area contributed by atoms with Crippen molar-refractivity contribution in [3.05, 3.63) is 48.3 Å². The zero-order chi connectivity index (χ0) is 21.2. The molecule has 0 radical (unpaired) electrons. The van der Waals surface area contributed by atoms with Gasteiger partial charge in [-0.2, -0.15) is 0 Å². The van der Waals surface area contributed by atoms with Crippen molar-refractivity contribution in [1.82, 2.24) is 14.5 Å². The Morgan fingerprint density at radius 3 is 2.72 bits per heavy atom. The van der Waals surface area contributed by atoms with Crippen LogP contribution in [0.1, 0.15) is 24.3 Å². The zero-order valence-electron chi connectivity index (χ0n) is 17.6. The monoisotopic (exact) mass is 396 g/mol. The number of benzene rings is 1. The van der Waals surface area contributed by atoms with Gasteiger partial charge in [0.05, 0.1) is 5.52 Å². The van der Waals surface area contributed by atoms with Crippen LogP contribution in [0.25, 0.3) is 10.9 Å². The minimum Gasteiger partial charge on any atom is -0.477 e. The van der Waals surface area contributed by atoms with Crippen LogP contribution >= 0.6 is 0 Å². The van der Waals surface area contributed by atoms with Crippen molar-refractivity contribution in [3.8, 4) is 11.5 Å². The van der Waals surface area contributed by atoms with E-state index in [1.54, 1.807) is 29.9 Å². The standard InChI is InChI=1S/C22H28N4O3/c1-22(2,14-25(3)4)13-24-19-12-16(9-10-23-19)29-18-8-6-7-15-11-17(21(27)28)26(5)20(15)18/h6-12H,13-14H2,1-5H3,(H,23,24)(H,27,28). The molecule has 0 aliphatic carbocycles. The van der Waals surface area contributed by atoms with Crippen LogP contribution in [0.4, 0.5) is 5.82 Å². The molecular formula is C22H28N4O3. The van der Waals surface area contributed by atoms with Crippen LogP contribution < -0.4 is 10.1 Å². The molecule has 0 atom stereocenters. The highest BCUT2D eigenvalue weighted by molar-refractivity contribution is 5.96. The molecule has 154 valence electrons. The summed E-state index contributed by atoms with van der Waals surface area (Å²) in [6, 6.07) is 10.9. The molecule has 0 spiro atoms. The van der Waals surface area contributed by atoms with Gasteiger partial charge in [0.25, 0.3) is 0 Å². The molecule has 0 bridgehead atoms. The molecule has 0 fully saturated rings. The summed E-state index contributed by atoms with van der Waals surface area (Å²) in [5, 5.41) is 13.6. The number of carbonyl (C=O) groups is 1. The summed E-state index contributed by atoms with van der Waals surface area (Å²) in [7, 11) is 5.85. The minimum absolute atomic E-state index is 0.0872. The van der Waals surface area contributed by atoms with Gasteiger partial charge in [-0.05, 0) is 37.7 Å². The van der Waals surface area contributed by atoms with Gasteiger partial charge in [0.15, 0.2) is 5.75 Å². The molecule has 29 heavy (non-hydrogen) atoms. The van der Waals surface area contributed by atoms with Crippen molar-refractivity contribution in [3.63, 3.8) is 0 Å². The van der Waals surface area contributed by atoms with E-state index in [0.29, 0.717) is 11.5 Å². The number of aromatic carboxylic acids is 1. The highest BCUT2D eigenvalue weighted by atomic mass is 16.5. The molecule has 3 aromatic rings. The Hall–Kier alpha value is -3.06. The number of anilines is 1. The lowest BCUT2D eigenvalue weighted by molar-refractivity contribution is 0.0687. The van der Waals surface area contributed by atoms with E-state index in [-0.39, 0.29) is 11.1 Å². The fraction of sp³-hybridized carbons (Fsp3) is 0.364. The normalized spacial score (nSPS) is 11.8. The number of rotatable bonds is 8. The number of ether oxygens (including phenoxy) is 1. The molecule has 0 aliphatic heterocycles. The summed E-state index contributed by atoms with van der Waals surface area (Å²) in [4.78, 5) is 18.0. The third-order valence-corrected chi connectivity index (χ3v) is 4.69. The summed E-state index contributed by atoms with van der Waals surface area (Å²) in [5.41, 5.74) is 1.05. The number of hydrogen-bond acceptors (Lipinski definition) is 5. The number of aromatic nitrogens is 2. The van der Waals surface area contributed by atoms with E-state index in [4.69, 9.17) is 4.74 Å². The van der Waals surface area contributed by atoms with Crippen LogP contribution in [-0.2, 0) is 7.05 Å². The van der Waals surface area contributed by atoms with Crippen LogP contribution in [0.15, 0.2) is 42.6 Å². The van der Waals surface area contributed by atoms with Gasteiger partial charge in [0.1, 0.15) is 17.3 Å². The van der Waals surface area contributed by atoms with Gasteiger partial charge in [-0.15, -0.1) is 0 Å². The molecule has 0 aliphatic rings. The number of carboxylic acids is 1. The van der Waals surface area contributed by atoms with E-state index < -0.39 is 5.97 Å². The third-order valence-electron chi connectivity index (χ3n) is 4.69. The van der Waals surface area contributed by atoms with Crippen LogP contribution in [0.3, 0.4) is 0 Å². The Kier molecular flexibility index (Phi) is 5.79. The second kappa shape index (κ2) is 8.13. The number of nitrogens with one attached hydrogen (secondary N) is 1. The van der Waals surface area contributed by atoms with E-state index >= 15 is 0 Å². The first-order chi connectivity index (χ1) is 13.7. The first kappa shape index (κ1) is 20.7. The van der Waals surface area contributed by atoms with E-state index in [1.807, 2.05) is 24.3 Å². The first-order valence-corrected chi connectivity index (χ1v) is 9.50. The van der Waals surface area contributed by atoms with Crippen LogP contribution in [0.2, 0.25) is 0 Å². The van der Waals surface area contributed by atoms with Crippen molar-refractivity contribution in [2.45, 2.75) is 13.8 Å². The van der Waals surface area contributed by atoms with Crippen molar-refractivity contribution >= 4 is 22.7 Å². The molecule has 7 nitrogen and oxygen atoms in total. The second-order valence-corrected chi connectivity index (χ2v) is 8.32. The van der Waals surface area contributed by atoms with Crippen molar-refractivity contribution < 1.29 is 14.6 Å². The largest absolute Gasteiger partial charge is 0.477 e. The first-order valence-electron chi connectivity index (χ1n) is 9.50. The second-order valence-electron chi connectivity index (χ2n) is 8.32. The Morgan fingerprint density at radius 2 is 2.03 bits per heavy atom. The van der Waals surface area contributed by atoms with Crippen LogP contribution in [0.5, 0.6) is 11.5 Å². The lowest BCUT2D eigenvalue weighted by Gasteiger charge is -2.28. The maximum atomic E-state index is 11.4. The van der Waals surface area contributed by atoms with Crippen molar-refractivity contribution in [2.24, 2.45) is 12.5 Å². The molecule has 0 unspecified atom stereocenters. The molecule has 0 saturated heterocycles. The van der Waals surface area contributed by atoms with Gasteiger partial charge in [0.2, 0.25) is 0 Å². The number of aryl methyl sites for hydroxylation is 1. The Labute approximate surface area is 170 Å². The van der Waals surface area contributed by atoms with Gasteiger partial charge in [-0.1, -0.05) is 26.0 Å². The third kappa shape index (κ3) is 4.86. The zero-order valence-corrected chi connectivity index (χ0v) is 17.6. The quantitative estimate of drug-likeness (QED) is 0.598. The molecule has 0 amide bonds. The highest BCUT2D eigenvalue weighted by Gasteiger charge is 2.19. The molecule has 3 rings (SSSR count). The lowest BCUT2D eigenvalue weighted by atomic mass is 9.93. The van der Waals surface area contributed by atoms with Crippen LogP contribution in [0, 0.1) is 5.41 Å². The predicted molar refractivity (Wildman–Crippen MR) is 115 cm³/mol. The number of fused-ring (bicyclic) bond motifs is 1. The van der Waals surface area contributed by atoms with Gasteiger partial charge in [-0.25, -0.2) is 9.78 Å². The molecule has 1 aromatic carbocycles. The SMILES string of the molecule is CN(C)CC(C)(C)CNc1cc(Oc2cccc3cc(C(=O)O)n(C)c23)ccn1. The Balaban J connectivity index is 1.81. The van der Waals surface area contributed by atoms with E-state index in [1.165, 1.54) is 0 Å². The number of hydrogen-bond donors (Lipinski definition) is 2. The maximum Gasteiger partial charge on any atom is 0.352 e. The molecular weight excluding hydrogens is 368 g/mol. The molecule has 0 saturated carbocycles. The van der Waals surface area contributed by atoms with E-state index in [2.05, 4.69) is 43.1 Å². The highest BCUT2D eigenvalue weighted by Crippen LogP contribution is 2.32. The van der Waals surface area contributed by atoms with Crippen molar-refractivity contribution in [1.29, 1.82) is 0 Å². The lowest BCUT2D eigenvalue weighted by Crippen LogP contribution is -2.34. The van der Waals surface area contributed by atoms with Crippen molar-refractivity contribution in [2.75, 3.05) is 32.5 Å². The summed E-state index contributed by atoms with van der Waals surface area (Å²) >= 11 is 0. The average molecular weight is 396 g/mol. The Bertz CT molecular complexity index is 1020. The van der Waals surface area contributed by atoms with Gasteiger partial charge >= 0.3 is 5.97 Å². The molecule has 2 aromatic heterocycles. The molecule has 7 heteroatoms. The summed E-state index contributed by atoms with van der Waals surface area (Å²) < 4.78 is 7.74. The fourth-order valence-corrected chi connectivity index (χ4v) is 3.61.